The molecule has 5 rings (SSSR count). The topological polar surface area (TPSA) is 379 Å². The highest BCUT2D eigenvalue weighted by molar-refractivity contribution is 5.97. The van der Waals surface area contributed by atoms with Crippen LogP contribution in [0.2, 0.25) is 0 Å². The Morgan fingerprint density at radius 2 is 1.50 bits per heavy atom. The van der Waals surface area contributed by atoms with E-state index >= 15 is 0 Å². The van der Waals surface area contributed by atoms with Crippen molar-refractivity contribution < 1.29 is 48.3 Å². The molecule has 1 saturated heterocycles. The Labute approximate surface area is 402 Å². The largest absolute Gasteiger partial charge is 0.480 e. The summed E-state index contributed by atoms with van der Waals surface area (Å²) < 4.78 is 0. The SMILES string of the molecule is CC(=O)NC(CCCN=C(N)N)C(=O)NC1CCC(=O)NCCCC(C(=O)O)NC(=O)[C@H](Cc2c[nH]c3ccccc23)NC(=O)CNC(=O)C(Cc2ccccc2)NC(=O)[C@H](Cc2cnc[nH]2)NC1=O. The van der Waals surface area contributed by atoms with Crippen LogP contribution in [0.15, 0.2) is 78.3 Å². The Morgan fingerprint density at radius 1 is 0.800 bits per heavy atom. The molecule has 0 spiro atoms. The van der Waals surface area contributed by atoms with Crippen LogP contribution >= 0.6 is 0 Å². The van der Waals surface area contributed by atoms with Crippen molar-refractivity contribution in [3.63, 3.8) is 0 Å². The molecule has 3 heterocycles. The number of nitrogens with one attached hydrogen (secondary N) is 10. The minimum Gasteiger partial charge on any atom is -0.480 e. The number of rotatable bonds is 14. The van der Waals surface area contributed by atoms with Crippen LogP contribution in [0.1, 0.15) is 62.3 Å². The second kappa shape index (κ2) is 26.3. The molecule has 4 aromatic rings. The van der Waals surface area contributed by atoms with Crippen LogP contribution in [0.5, 0.6) is 0 Å². The van der Waals surface area contributed by atoms with Gasteiger partial charge in [-0.1, -0.05) is 48.5 Å². The molecule has 2 aromatic heterocycles. The zero-order chi connectivity index (χ0) is 50.6. The molecule has 24 heteroatoms. The van der Waals surface area contributed by atoms with E-state index in [0.29, 0.717) is 16.8 Å². The van der Waals surface area contributed by atoms with Crippen molar-refractivity contribution >= 4 is 70.1 Å². The number of nitrogens with zero attached hydrogens (tertiary/aromatic N) is 2. The van der Waals surface area contributed by atoms with Crippen LogP contribution in [0, 0.1) is 0 Å². The number of aliphatic carboxylic acids is 1. The molecule has 0 aliphatic carbocycles. The number of fused-ring (bicyclic) bond motifs is 1. The van der Waals surface area contributed by atoms with Gasteiger partial charge in [-0.15, -0.1) is 0 Å². The Kier molecular flexibility index (Phi) is 19.8. The van der Waals surface area contributed by atoms with E-state index < -0.39 is 96.0 Å². The van der Waals surface area contributed by atoms with Crippen molar-refractivity contribution in [1.29, 1.82) is 0 Å². The number of hydrogen-bond acceptors (Lipinski definition) is 11. The molecule has 1 aliphatic heterocycles. The molecule has 0 bridgehead atoms. The number of benzene rings is 2. The van der Waals surface area contributed by atoms with Gasteiger partial charge in [-0.05, 0) is 49.3 Å². The van der Waals surface area contributed by atoms with Crippen molar-refractivity contribution in [3.8, 4) is 0 Å². The monoisotopic (exact) mass is 968 g/mol. The van der Waals surface area contributed by atoms with E-state index in [9.17, 15) is 48.3 Å². The Balaban J connectivity index is 1.46. The summed E-state index contributed by atoms with van der Waals surface area (Å²) in [5.74, 6) is -7.64. The maximum atomic E-state index is 14.3. The van der Waals surface area contributed by atoms with Crippen LogP contribution in [-0.4, -0.2) is 135 Å². The van der Waals surface area contributed by atoms with Gasteiger partial charge in [-0.2, -0.15) is 0 Å². The lowest BCUT2D eigenvalue weighted by Gasteiger charge is -2.26. The van der Waals surface area contributed by atoms with Crippen molar-refractivity contribution in [2.45, 2.75) is 101 Å². The van der Waals surface area contributed by atoms with E-state index in [1.165, 1.54) is 19.4 Å². The second-order valence-corrected chi connectivity index (χ2v) is 16.7. The number of guanidine groups is 1. The summed E-state index contributed by atoms with van der Waals surface area (Å²) >= 11 is 0. The van der Waals surface area contributed by atoms with Gasteiger partial charge in [0.1, 0.15) is 36.3 Å². The molecule has 1 aliphatic rings. The first-order valence-corrected chi connectivity index (χ1v) is 22.7. The standard InChI is InChI=1S/C46H60N14O10/c1-26(61)55-32(13-7-18-51-46(47)48)41(65)57-33-15-16-38(62)50-17-8-14-34(45(69)70)58-43(67)36(20-28-22-52-31-12-6-5-11-30(28)31)56-39(63)24-53-40(64)35(19-27-9-3-2-4-10-27)59-44(68)37(60-42(33)66)21-29-23-49-25-54-29/h2-6,9-12,22-23,25,32-37,52H,7-8,13-21,24H2,1H3,(H,49,54)(H,50,62)(H,53,64)(H,55,61)(H,56,63)(H,57,65)(H,58,67)(H,59,68)(H,60,66)(H,69,70)(H4,47,48,51)/t32?,33?,34?,35?,36-,37-/m0/s1. The molecule has 1 fully saturated rings. The van der Waals surface area contributed by atoms with Crippen molar-refractivity contribution in [3.05, 3.63) is 90.1 Å². The number of carbonyl (C=O) groups is 9. The first kappa shape index (κ1) is 52.7. The normalized spacial score (nSPS) is 20.8. The zero-order valence-electron chi connectivity index (χ0n) is 38.5. The van der Waals surface area contributed by atoms with Gasteiger partial charge in [0, 0.05) is 74.7 Å². The van der Waals surface area contributed by atoms with E-state index in [2.05, 4.69) is 62.5 Å². The molecule has 0 saturated carbocycles. The molecule has 6 atom stereocenters. The fraction of sp³-hybridized carbons (Fsp3) is 0.413. The summed E-state index contributed by atoms with van der Waals surface area (Å²) in [6.07, 6.45) is 3.71. The molecule has 24 nitrogen and oxygen atoms in total. The number of nitrogens with two attached hydrogens (primary N) is 2. The van der Waals surface area contributed by atoms with E-state index in [1.807, 2.05) is 18.2 Å². The van der Waals surface area contributed by atoms with Gasteiger partial charge in [-0.3, -0.25) is 43.3 Å². The van der Waals surface area contributed by atoms with Crippen LogP contribution in [0.3, 0.4) is 0 Å². The number of carbonyl (C=O) groups excluding carboxylic acids is 8. The van der Waals surface area contributed by atoms with Gasteiger partial charge in [-0.25, -0.2) is 9.78 Å². The van der Waals surface area contributed by atoms with Crippen molar-refractivity contribution in [2.24, 2.45) is 16.5 Å². The molecule has 374 valence electrons. The van der Waals surface area contributed by atoms with Crippen LogP contribution < -0.4 is 54.0 Å². The lowest BCUT2D eigenvalue weighted by molar-refractivity contribution is -0.142. The summed E-state index contributed by atoms with van der Waals surface area (Å²) in [5.41, 5.74) is 13.3. The third kappa shape index (κ3) is 16.8. The Morgan fingerprint density at radius 3 is 2.21 bits per heavy atom. The molecule has 70 heavy (non-hydrogen) atoms. The number of aromatic amines is 2. The lowest BCUT2D eigenvalue weighted by Crippen LogP contribution is -2.59. The molecular formula is C46H60N14O10. The minimum absolute atomic E-state index is 0.0477. The number of amides is 8. The quantitative estimate of drug-likeness (QED) is 0.0363. The number of aliphatic imine (C=N–C) groups is 1. The number of aromatic nitrogens is 3. The molecule has 15 N–H and O–H groups in total. The van der Waals surface area contributed by atoms with Gasteiger partial charge in [0.05, 0.1) is 12.9 Å². The lowest BCUT2D eigenvalue weighted by atomic mass is 10.0. The van der Waals surface area contributed by atoms with Crippen molar-refractivity contribution in [2.75, 3.05) is 19.6 Å². The fourth-order valence-corrected chi connectivity index (χ4v) is 7.68. The summed E-state index contributed by atoms with van der Waals surface area (Å²) in [5, 5.41) is 31.7. The van der Waals surface area contributed by atoms with Crippen LogP contribution in [0.25, 0.3) is 10.9 Å². The second-order valence-electron chi connectivity index (χ2n) is 16.7. The van der Waals surface area contributed by atoms with Gasteiger partial charge in [0.2, 0.25) is 47.3 Å². The summed E-state index contributed by atoms with van der Waals surface area (Å²) in [7, 11) is 0. The van der Waals surface area contributed by atoms with Gasteiger partial charge in [0.25, 0.3) is 0 Å². The van der Waals surface area contributed by atoms with Gasteiger partial charge >= 0.3 is 5.97 Å². The van der Waals surface area contributed by atoms with E-state index in [0.717, 1.165) is 10.9 Å². The summed E-state index contributed by atoms with van der Waals surface area (Å²) in [4.78, 5) is 136. The molecule has 8 amide bonds. The number of imidazole rings is 1. The highest BCUT2D eigenvalue weighted by atomic mass is 16.4. The predicted octanol–water partition coefficient (Wildman–Crippen LogP) is -2.21. The molecule has 2 aromatic carbocycles. The highest BCUT2D eigenvalue weighted by Crippen LogP contribution is 2.19. The Bertz CT molecular complexity index is 2490. The van der Waals surface area contributed by atoms with E-state index in [1.54, 1.807) is 42.6 Å². The number of hydrogen-bond donors (Lipinski definition) is 13. The third-order valence-corrected chi connectivity index (χ3v) is 11.2. The molecule has 4 unspecified atom stereocenters. The molecule has 0 radical (unpaired) electrons. The van der Waals surface area contributed by atoms with Gasteiger partial charge < -0.3 is 69.1 Å². The fourth-order valence-electron chi connectivity index (χ4n) is 7.68. The van der Waals surface area contributed by atoms with E-state index in [-0.39, 0.29) is 76.8 Å². The number of H-pyrrole nitrogens is 2. The average Bonchev–Trinajstić information content (AvgIpc) is 4.00. The van der Waals surface area contributed by atoms with E-state index in [4.69, 9.17) is 11.5 Å². The Hall–Kier alpha value is -8.31. The number of carboxylic acid groups (broad SMARTS) is 1. The summed E-state index contributed by atoms with van der Waals surface area (Å²) in [6.45, 7) is 0.618. The van der Waals surface area contributed by atoms with Crippen LogP contribution in [-0.2, 0) is 62.4 Å². The first-order chi connectivity index (χ1) is 33.6. The number of para-hydroxylation sites is 1. The van der Waals surface area contributed by atoms with Gasteiger partial charge in [0.15, 0.2) is 5.96 Å². The highest BCUT2D eigenvalue weighted by Gasteiger charge is 2.33. The minimum atomic E-state index is -1.48. The predicted molar refractivity (Wildman–Crippen MR) is 254 cm³/mol. The maximum Gasteiger partial charge on any atom is 0.326 e. The summed E-state index contributed by atoms with van der Waals surface area (Å²) in [6, 6.07) is 7.75. The zero-order valence-corrected chi connectivity index (χ0v) is 38.5. The molecular weight excluding hydrogens is 909 g/mol. The third-order valence-electron chi connectivity index (χ3n) is 11.2. The first-order valence-electron chi connectivity index (χ1n) is 22.7. The smallest absolute Gasteiger partial charge is 0.326 e. The number of carboxylic acids is 1. The van der Waals surface area contributed by atoms with Crippen molar-refractivity contribution in [1.82, 2.24) is 57.5 Å². The van der Waals surface area contributed by atoms with Crippen LogP contribution in [0.4, 0.5) is 0 Å². The average molecular weight is 969 g/mol. The maximum absolute atomic E-state index is 14.3.